The fourth-order valence-electron chi connectivity index (χ4n) is 4.33. The van der Waals surface area contributed by atoms with Gasteiger partial charge in [0, 0.05) is 38.4 Å². The smallest absolute Gasteiger partial charge is 0.227 e. The van der Waals surface area contributed by atoms with Crippen molar-refractivity contribution >= 4 is 17.1 Å². The van der Waals surface area contributed by atoms with Gasteiger partial charge in [-0.25, -0.2) is 15.0 Å². The zero-order valence-corrected chi connectivity index (χ0v) is 19.3. The highest BCUT2D eigenvalue weighted by molar-refractivity contribution is 5.75. The van der Waals surface area contributed by atoms with E-state index in [0.717, 1.165) is 73.3 Å². The van der Waals surface area contributed by atoms with Gasteiger partial charge >= 0.3 is 0 Å². The van der Waals surface area contributed by atoms with Crippen LogP contribution in [0.4, 0.5) is 5.95 Å². The van der Waals surface area contributed by atoms with Gasteiger partial charge in [0.05, 0.1) is 30.3 Å². The van der Waals surface area contributed by atoms with E-state index in [2.05, 4.69) is 23.8 Å². The van der Waals surface area contributed by atoms with Gasteiger partial charge in [0.1, 0.15) is 5.52 Å². The molecule has 1 aliphatic carbocycles. The Morgan fingerprint density at radius 1 is 1.03 bits per heavy atom. The van der Waals surface area contributed by atoms with E-state index in [4.69, 9.17) is 24.7 Å². The molecule has 5 rings (SSSR count). The molecule has 0 radical (unpaired) electrons. The number of hydrogen-bond donors (Lipinski definition) is 0. The molecule has 1 aliphatic heterocycles. The van der Waals surface area contributed by atoms with Crippen molar-refractivity contribution in [1.82, 2.24) is 29.7 Å². The Hall–Kier alpha value is -2.61. The summed E-state index contributed by atoms with van der Waals surface area (Å²) in [6, 6.07) is 1.89. The molecule has 3 aromatic rings. The first-order valence-corrected chi connectivity index (χ1v) is 11.1. The summed E-state index contributed by atoms with van der Waals surface area (Å²) in [5.41, 5.74) is 4.99. The van der Waals surface area contributed by atoms with E-state index in [9.17, 15) is 0 Å². The third-order valence-electron chi connectivity index (χ3n) is 6.24. The van der Waals surface area contributed by atoms with Crippen LogP contribution in [0.3, 0.4) is 0 Å². The van der Waals surface area contributed by atoms with Crippen LogP contribution in [-0.4, -0.2) is 56.0 Å². The van der Waals surface area contributed by atoms with Crippen LogP contribution in [0.5, 0.6) is 0 Å². The summed E-state index contributed by atoms with van der Waals surface area (Å²) in [5, 5.41) is 3.83. The Morgan fingerprint density at radius 3 is 2.35 bits per heavy atom. The van der Waals surface area contributed by atoms with Crippen molar-refractivity contribution < 1.29 is 4.74 Å². The van der Waals surface area contributed by atoms with E-state index in [0.29, 0.717) is 11.3 Å². The van der Waals surface area contributed by atoms with Gasteiger partial charge in [-0.05, 0) is 44.6 Å². The highest BCUT2D eigenvalue weighted by Crippen LogP contribution is 2.46. The quantitative estimate of drug-likeness (QED) is 0.623. The maximum atomic E-state index is 5.48. The zero-order valence-electron chi connectivity index (χ0n) is 19.3. The van der Waals surface area contributed by atoms with Crippen LogP contribution in [0.25, 0.3) is 11.2 Å². The molecule has 1 atom stereocenters. The number of fused-ring (bicyclic) bond motifs is 1. The summed E-state index contributed by atoms with van der Waals surface area (Å²) in [7, 11) is 1.89. The number of hydrogen-bond acceptors (Lipinski definition) is 7. The molecule has 31 heavy (non-hydrogen) atoms. The Morgan fingerprint density at radius 2 is 1.77 bits per heavy atom. The lowest BCUT2D eigenvalue weighted by atomic mass is 9.89. The first kappa shape index (κ1) is 21.6. The Labute approximate surface area is 184 Å². The largest absolute Gasteiger partial charge is 0.378 e. The van der Waals surface area contributed by atoms with Gasteiger partial charge in [0.15, 0.2) is 5.65 Å². The van der Waals surface area contributed by atoms with Crippen molar-refractivity contribution in [3.8, 4) is 0 Å². The summed E-state index contributed by atoms with van der Waals surface area (Å²) in [4.78, 5) is 21.5. The number of aryl methyl sites for hydroxylation is 3. The van der Waals surface area contributed by atoms with Gasteiger partial charge < -0.3 is 9.64 Å². The van der Waals surface area contributed by atoms with Gasteiger partial charge in [-0.2, -0.15) is 10.1 Å². The molecule has 4 heterocycles. The van der Waals surface area contributed by atoms with Crippen LogP contribution in [0.15, 0.2) is 18.5 Å². The number of ether oxygens (including phenoxy) is 1. The monoisotopic (exact) mass is 423 g/mol. The SMILES string of the molecule is Cc1nc2nc(N3CCOCC3)nc(C3CCC(C)(C)C3)c2nc1C.Cn1cccn1. The van der Waals surface area contributed by atoms with E-state index in [1.165, 1.54) is 6.42 Å². The summed E-state index contributed by atoms with van der Waals surface area (Å²) < 4.78 is 7.23. The van der Waals surface area contributed by atoms with E-state index < -0.39 is 0 Å². The first-order valence-electron chi connectivity index (χ1n) is 11.1. The van der Waals surface area contributed by atoms with Crippen molar-refractivity contribution in [3.63, 3.8) is 0 Å². The van der Waals surface area contributed by atoms with E-state index in [1.54, 1.807) is 10.9 Å². The van der Waals surface area contributed by atoms with Gasteiger partial charge in [-0.3, -0.25) is 4.68 Å². The lowest BCUT2D eigenvalue weighted by Crippen LogP contribution is -2.37. The molecule has 1 saturated carbocycles. The zero-order chi connectivity index (χ0) is 22.0. The van der Waals surface area contributed by atoms with E-state index in [1.807, 2.05) is 33.2 Å². The molecule has 1 saturated heterocycles. The Bertz CT molecular complexity index is 1030. The molecular weight excluding hydrogens is 390 g/mol. The predicted molar refractivity (Wildman–Crippen MR) is 121 cm³/mol. The highest BCUT2D eigenvalue weighted by Gasteiger charge is 2.34. The Balaban J connectivity index is 0.000000334. The molecule has 0 amide bonds. The minimum atomic E-state index is 0.369. The summed E-state index contributed by atoms with van der Waals surface area (Å²) in [6.07, 6.45) is 7.18. The van der Waals surface area contributed by atoms with Crippen molar-refractivity contribution in [3.05, 3.63) is 35.5 Å². The van der Waals surface area contributed by atoms with Crippen LogP contribution in [0, 0.1) is 19.3 Å². The van der Waals surface area contributed by atoms with Crippen LogP contribution < -0.4 is 4.90 Å². The topological polar surface area (TPSA) is 81.9 Å². The molecule has 0 spiro atoms. The van der Waals surface area contributed by atoms with Crippen LogP contribution in [0.2, 0.25) is 0 Å². The normalized spacial score (nSPS) is 20.5. The van der Waals surface area contributed by atoms with E-state index >= 15 is 0 Å². The minimum Gasteiger partial charge on any atom is -0.378 e. The molecule has 8 heteroatoms. The molecule has 3 aromatic heterocycles. The second-order valence-corrected chi connectivity index (χ2v) is 9.36. The standard InChI is InChI=1S/C19H27N5O.C4H6N2/c1-12-13(2)21-17-16(20-12)15(14-5-6-19(3,4)11-14)22-18(23-17)24-7-9-25-10-8-24;1-6-4-2-3-5-6/h14H,5-11H2,1-4H3;2-4H,1H3. The first-order chi connectivity index (χ1) is 14.8. The van der Waals surface area contributed by atoms with E-state index in [-0.39, 0.29) is 0 Å². The number of nitrogens with zero attached hydrogens (tertiary/aromatic N) is 7. The fourth-order valence-corrected chi connectivity index (χ4v) is 4.33. The van der Waals surface area contributed by atoms with Gasteiger partial charge in [-0.15, -0.1) is 0 Å². The molecule has 1 unspecified atom stereocenters. The van der Waals surface area contributed by atoms with Crippen LogP contribution >= 0.6 is 0 Å². The number of anilines is 1. The lowest BCUT2D eigenvalue weighted by molar-refractivity contribution is 0.122. The van der Waals surface area contributed by atoms with Crippen molar-refractivity contribution in [2.24, 2.45) is 12.5 Å². The molecule has 2 fully saturated rings. The third kappa shape index (κ3) is 5.01. The van der Waals surface area contributed by atoms with Crippen LogP contribution in [-0.2, 0) is 11.8 Å². The molecule has 0 aromatic carbocycles. The van der Waals surface area contributed by atoms with Crippen molar-refractivity contribution in [2.75, 3.05) is 31.2 Å². The average Bonchev–Trinajstić information content (AvgIpc) is 3.37. The molecule has 166 valence electrons. The maximum Gasteiger partial charge on any atom is 0.227 e. The van der Waals surface area contributed by atoms with Gasteiger partial charge in [0.2, 0.25) is 5.95 Å². The molecule has 0 bridgehead atoms. The highest BCUT2D eigenvalue weighted by atomic mass is 16.5. The number of aromatic nitrogens is 6. The van der Waals surface area contributed by atoms with Gasteiger partial charge in [0.25, 0.3) is 0 Å². The van der Waals surface area contributed by atoms with Gasteiger partial charge in [-0.1, -0.05) is 13.8 Å². The average molecular weight is 424 g/mol. The predicted octanol–water partition coefficient (Wildman–Crippen LogP) is 3.59. The summed E-state index contributed by atoms with van der Waals surface area (Å²) >= 11 is 0. The van der Waals surface area contributed by atoms with Crippen molar-refractivity contribution in [1.29, 1.82) is 0 Å². The molecular formula is C23H33N7O. The summed E-state index contributed by atoms with van der Waals surface area (Å²) in [5.74, 6) is 1.23. The second-order valence-electron chi connectivity index (χ2n) is 9.36. The molecule has 8 nitrogen and oxygen atoms in total. The lowest BCUT2D eigenvalue weighted by Gasteiger charge is -2.27. The van der Waals surface area contributed by atoms with Crippen LogP contribution in [0.1, 0.15) is 56.1 Å². The molecule has 2 aliphatic rings. The Kier molecular flexibility index (Phi) is 6.18. The molecule has 0 N–H and O–H groups in total. The minimum absolute atomic E-state index is 0.369. The number of morpholine rings is 1. The number of rotatable bonds is 2. The fraction of sp³-hybridized carbons (Fsp3) is 0.609. The third-order valence-corrected chi connectivity index (χ3v) is 6.24. The van der Waals surface area contributed by atoms with Crippen molar-refractivity contribution in [2.45, 2.75) is 52.9 Å². The second kappa shape index (κ2) is 8.86. The maximum absolute atomic E-state index is 5.48. The summed E-state index contributed by atoms with van der Waals surface area (Å²) in [6.45, 7) is 11.8.